The molecule has 0 radical (unpaired) electrons. The van der Waals surface area contributed by atoms with Crippen LogP contribution < -0.4 is 5.32 Å². The van der Waals surface area contributed by atoms with Gasteiger partial charge in [0.25, 0.3) is 0 Å². The zero-order valence-electron chi connectivity index (χ0n) is 12.3. The summed E-state index contributed by atoms with van der Waals surface area (Å²) in [5.74, 6) is 1.23. The number of anilines is 1. The van der Waals surface area contributed by atoms with E-state index in [1.807, 2.05) is 11.5 Å². The lowest BCUT2D eigenvalue weighted by Crippen LogP contribution is -2.18. The Morgan fingerprint density at radius 2 is 2.00 bits per heavy atom. The first kappa shape index (κ1) is 13.4. The number of halogens is 1. The molecule has 6 heteroatoms. The van der Waals surface area contributed by atoms with Crippen LogP contribution in [0.2, 0.25) is 0 Å². The second-order valence-corrected chi connectivity index (χ2v) is 6.16. The highest BCUT2D eigenvalue weighted by Gasteiger charge is 2.44. The molecule has 1 heterocycles. The van der Waals surface area contributed by atoms with Crippen molar-refractivity contribution in [2.75, 3.05) is 5.32 Å². The van der Waals surface area contributed by atoms with Crippen LogP contribution in [0.5, 0.6) is 0 Å². The number of aryl methyl sites for hydroxylation is 1. The fourth-order valence-corrected chi connectivity index (χ4v) is 2.99. The highest BCUT2D eigenvalue weighted by atomic mass is 19.1. The molecule has 1 aromatic heterocycles. The highest BCUT2D eigenvalue weighted by Crippen LogP contribution is 2.48. The second kappa shape index (κ2) is 4.90. The molecule has 1 N–H and O–H groups in total. The Morgan fingerprint density at radius 3 is 2.68 bits per heavy atom. The predicted octanol–water partition coefficient (Wildman–Crippen LogP) is 2.80. The third kappa shape index (κ3) is 2.38. The fraction of sp³-hybridized carbons (Fsp3) is 0.438. The molecule has 2 aliphatic rings. The first-order valence-electron chi connectivity index (χ1n) is 7.61. The van der Waals surface area contributed by atoms with Crippen LogP contribution in [0.15, 0.2) is 24.3 Å². The molecular weight excluding hydrogens is 283 g/mol. The number of hydrogen-bond acceptors (Lipinski definition) is 3. The molecule has 5 nitrogen and oxygen atoms in total. The molecule has 22 heavy (non-hydrogen) atoms. The molecule has 4 rings (SSSR count). The Balaban J connectivity index is 1.45. The number of aromatic nitrogens is 3. The van der Waals surface area contributed by atoms with Crippen molar-refractivity contribution < 1.29 is 9.18 Å². The second-order valence-electron chi connectivity index (χ2n) is 6.16. The van der Waals surface area contributed by atoms with Crippen molar-refractivity contribution in [2.24, 2.45) is 5.92 Å². The molecule has 2 atom stereocenters. The molecule has 0 unspecified atom stereocenters. The van der Waals surface area contributed by atoms with Crippen LogP contribution in [0.3, 0.4) is 0 Å². The van der Waals surface area contributed by atoms with Crippen LogP contribution in [-0.4, -0.2) is 20.7 Å². The Kier molecular flexibility index (Phi) is 2.99. The number of amides is 1. The molecule has 0 bridgehead atoms. The minimum absolute atomic E-state index is 0.0244. The Labute approximate surface area is 127 Å². The largest absolute Gasteiger partial charge is 0.294 e. The lowest BCUT2D eigenvalue weighted by Gasteiger charge is -2.08. The quantitative estimate of drug-likeness (QED) is 0.944. The smallest absolute Gasteiger partial charge is 0.231 e. The third-order valence-corrected chi connectivity index (χ3v) is 4.44. The van der Waals surface area contributed by atoms with Crippen molar-refractivity contribution in [1.29, 1.82) is 0 Å². The molecule has 2 fully saturated rings. The van der Waals surface area contributed by atoms with Gasteiger partial charge in [-0.3, -0.25) is 14.7 Å². The van der Waals surface area contributed by atoms with Gasteiger partial charge in [-0.05, 0) is 49.8 Å². The van der Waals surface area contributed by atoms with E-state index >= 15 is 0 Å². The summed E-state index contributed by atoms with van der Waals surface area (Å²) in [5, 5.41) is 11.0. The summed E-state index contributed by atoms with van der Waals surface area (Å²) in [6.07, 6.45) is 3.03. The van der Waals surface area contributed by atoms with Gasteiger partial charge in [-0.25, -0.2) is 4.39 Å². The molecule has 0 saturated heterocycles. The molecule has 2 saturated carbocycles. The van der Waals surface area contributed by atoms with Gasteiger partial charge in [0.05, 0.1) is 0 Å². The average Bonchev–Trinajstić information content (AvgIpc) is 3.40. The third-order valence-electron chi connectivity index (χ3n) is 4.44. The summed E-state index contributed by atoms with van der Waals surface area (Å²) < 4.78 is 15.0. The van der Waals surface area contributed by atoms with Crippen molar-refractivity contribution in [3.63, 3.8) is 0 Å². The first-order valence-corrected chi connectivity index (χ1v) is 7.61. The molecule has 1 aromatic carbocycles. The highest BCUT2D eigenvalue weighted by molar-refractivity contribution is 5.94. The molecule has 114 valence electrons. The summed E-state index contributed by atoms with van der Waals surface area (Å²) in [4.78, 5) is 12.4. The number of rotatable bonds is 4. The van der Waals surface area contributed by atoms with Gasteiger partial charge in [0, 0.05) is 12.0 Å². The summed E-state index contributed by atoms with van der Waals surface area (Å²) >= 11 is 0. The number of benzene rings is 1. The van der Waals surface area contributed by atoms with Gasteiger partial charge in [0.2, 0.25) is 11.9 Å². The summed E-state index contributed by atoms with van der Waals surface area (Å²) in [7, 11) is 0. The number of carbonyl (C=O) groups is 1. The van der Waals surface area contributed by atoms with E-state index in [2.05, 4.69) is 15.5 Å². The number of hydrogen-bond donors (Lipinski definition) is 1. The Morgan fingerprint density at radius 1 is 1.27 bits per heavy atom. The van der Waals surface area contributed by atoms with E-state index in [-0.39, 0.29) is 23.6 Å². The van der Waals surface area contributed by atoms with Gasteiger partial charge >= 0.3 is 0 Å². The minimum Gasteiger partial charge on any atom is -0.294 e. The van der Waals surface area contributed by atoms with Crippen LogP contribution in [0, 0.1) is 18.7 Å². The van der Waals surface area contributed by atoms with E-state index in [4.69, 9.17) is 0 Å². The lowest BCUT2D eigenvalue weighted by atomic mass is 10.1. The Hall–Kier alpha value is -2.24. The van der Waals surface area contributed by atoms with Crippen LogP contribution in [0.4, 0.5) is 10.3 Å². The number of carbonyl (C=O) groups excluding carboxylic acids is 1. The maximum atomic E-state index is 12.9. The van der Waals surface area contributed by atoms with Crippen molar-refractivity contribution >= 4 is 11.9 Å². The fourth-order valence-electron chi connectivity index (χ4n) is 2.99. The van der Waals surface area contributed by atoms with Crippen LogP contribution in [0.1, 0.15) is 42.6 Å². The monoisotopic (exact) mass is 300 g/mol. The van der Waals surface area contributed by atoms with E-state index in [0.717, 1.165) is 30.7 Å². The van der Waals surface area contributed by atoms with E-state index in [1.54, 1.807) is 12.1 Å². The zero-order chi connectivity index (χ0) is 15.3. The van der Waals surface area contributed by atoms with Crippen molar-refractivity contribution in [2.45, 2.75) is 38.1 Å². The van der Waals surface area contributed by atoms with Crippen molar-refractivity contribution in [3.05, 3.63) is 41.5 Å². The molecule has 0 aliphatic heterocycles. The van der Waals surface area contributed by atoms with E-state index in [1.165, 1.54) is 12.1 Å². The van der Waals surface area contributed by atoms with Crippen molar-refractivity contribution in [1.82, 2.24) is 14.8 Å². The molecule has 1 amide bonds. The SMILES string of the molecule is Cc1nnc(NC(=O)[C@@H]2C[C@H]2c2ccc(F)cc2)n1C1CC1. The van der Waals surface area contributed by atoms with Gasteiger partial charge in [0.15, 0.2) is 0 Å². The van der Waals surface area contributed by atoms with Gasteiger partial charge in [-0.2, -0.15) is 0 Å². The van der Waals surface area contributed by atoms with Gasteiger partial charge in [-0.15, -0.1) is 10.2 Å². The summed E-state index contributed by atoms with van der Waals surface area (Å²) in [5.41, 5.74) is 1.02. The van der Waals surface area contributed by atoms with Crippen LogP contribution in [0.25, 0.3) is 0 Å². The van der Waals surface area contributed by atoms with Crippen LogP contribution >= 0.6 is 0 Å². The summed E-state index contributed by atoms with van der Waals surface area (Å²) in [6.45, 7) is 1.90. The topological polar surface area (TPSA) is 59.8 Å². The molecule has 2 aromatic rings. The van der Waals surface area contributed by atoms with Crippen molar-refractivity contribution in [3.8, 4) is 0 Å². The predicted molar refractivity (Wildman–Crippen MR) is 78.9 cm³/mol. The zero-order valence-corrected chi connectivity index (χ0v) is 12.3. The lowest BCUT2D eigenvalue weighted by molar-refractivity contribution is -0.117. The number of nitrogens with one attached hydrogen (secondary N) is 1. The van der Waals surface area contributed by atoms with Gasteiger partial charge in [-0.1, -0.05) is 12.1 Å². The summed E-state index contributed by atoms with van der Waals surface area (Å²) in [6, 6.07) is 6.82. The molecule has 2 aliphatic carbocycles. The van der Waals surface area contributed by atoms with E-state index in [0.29, 0.717) is 12.0 Å². The molecule has 0 spiro atoms. The van der Waals surface area contributed by atoms with E-state index < -0.39 is 0 Å². The van der Waals surface area contributed by atoms with Gasteiger partial charge < -0.3 is 0 Å². The minimum atomic E-state index is -0.251. The van der Waals surface area contributed by atoms with Crippen LogP contribution in [-0.2, 0) is 4.79 Å². The normalized spacial score (nSPS) is 23.4. The maximum Gasteiger partial charge on any atom is 0.231 e. The maximum absolute atomic E-state index is 12.9. The van der Waals surface area contributed by atoms with Gasteiger partial charge in [0.1, 0.15) is 11.6 Å². The Bertz CT molecular complexity index is 720. The standard InChI is InChI=1S/C16H17FN4O/c1-9-19-20-16(21(9)12-6-7-12)18-15(22)14-8-13(14)10-2-4-11(17)5-3-10/h2-5,12-14H,6-8H2,1H3,(H,18,20,22)/t13-,14+/m0/s1. The average molecular weight is 300 g/mol. The van der Waals surface area contributed by atoms with E-state index in [9.17, 15) is 9.18 Å². The first-order chi connectivity index (χ1) is 10.6. The molecular formula is C16H17FN4O. The number of nitrogens with zero attached hydrogens (tertiary/aromatic N) is 3.